The number of hydrogen-bond donors (Lipinski definition) is 2. The van der Waals surface area contributed by atoms with Gasteiger partial charge in [0.1, 0.15) is 17.2 Å². The van der Waals surface area contributed by atoms with Gasteiger partial charge < -0.3 is 15.1 Å². The average molecular weight is 471 g/mol. The highest BCUT2D eigenvalue weighted by atomic mass is 35.5. The number of rotatable bonds is 8. The highest BCUT2D eigenvalue weighted by Crippen LogP contribution is 2.41. The highest BCUT2D eigenvalue weighted by Gasteiger charge is 2.37. The lowest BCUT2D eigenvalue weighted by atomic mass is 10.0. The Morgan fingerprint density at radius 2 is 2.00 bits per heavy atom. The molecular weight excluding hydrogens is 448 g/mol. The molecule has 166 valence electrons. The van der Waals surface area contributed by atoms with Gasteiger partial charge in [-0.3, -0.25) is 4.79 Å². The van der Waals surface area contributed by atoms with Crippen LogP contribution in [0.5, 0.6) is 0 Å². The number of aliphatic carboxylic acids is 1. The van der Waals surface area contributed by atoms with Gasteiger partial charge in [0.05, 0.1) is 10.2 Å². The van der Waals surface area contributed by atoms with Crippen LogP contribution in [0.15, 0.2) is 60.2 Å². The van der Waals surface area contributed by atoms with Crippen LogP contribution in [-0.2, 0) is 9.59 Å². The SMILES string of the molecule is C/C(=C\C(=O)N(CC1CC1)[C@@H](c1nc2ccccc2s1)[C@@H](O)c1cccc(Cl)c1)C(=O)O. The summed E-state index contributed by atoms with van der Waals surface area (Å²) in [6.07, 6.45) is 2.02. The summed E-state index contributed by atoms with van der Waals surface area (Å²) >= 11 is 7.58. The van der Waals surface area contributed by atoms with Crippen LogP contribution in [0, 0.1) is 5.92 Å². The molecule has 32 heavy (non-hydrogen) atoms. The number of benzene rings is 2. The number of carbonyl (C=O) groups is 2. The third kappa shape index (κ3) is 5.01. The van der Waals surface area contributed by atoms with Crippen LogP contribution in [-0.4, -0.2) is 38.5 Å². The van der Waals surface area contributed by atoms with E-state index in [2.05, 4.69) is 0 Å². The number of amides is 1. The topological polar surface area (TPSA) is 90.7 Å². The second-order valence-electron chi connectivity index (χ2n) is 8.03. The number of carbonyl (C=O) groups excluding carboxylic acids is 1. The Balaban J connectivity index is 1.81. The summed E-state index contributed by atoms with van der Waals surface area (Å²) in [6, 6.07) is 13.8. The van der Waals surface area contributed by atoms with E-state index in [1.54, 1.807) is 29.2 Å². The number of aliphatic hydroxyl groups excluding tert-OH is 1. The minimum atomic E-state index is -1.16. The maximum absolute atomic E-state index is 13.3. The van der Waals surface area contributed by atoms with Crippen molar-refractivity contribution < 1.29 is 19.8 Å². The van der Waals surface area contributed by atoms with Crippen LogP contribution in [0.2, 0.25) is 5.02 Å². The van der Waals surface area contributed by atoms with E-state index in [4.69, 9.17) is 16.6 Å². The molecule has 0 aliphatic heterocycles. The van der Waals surface area contributed by atoms with Crippen molar-refractivity contribution in [3.63, 3.8) is 0 Å². The number of aromatic nitrogens is 1. The molecular formula is C24H23ClN2O4S. The normalized spacial score (nSPS) is 16.0. The molecule has 8 heteroatoms. The van der Waals surface area contributed by atoms with Gasteiger partial charge in [0, 0.05) is 23.2 Å². The first kappa shape index (κ1) is 22.5. The lowest BCUT2D eigenvalue weighted by Crippen LogP contribution is -2.39. The summed E-state index contributed by atoms with van der Waals surface area (Å²) in [5, 5.41) is 21.8. The van der Waals surface area contributed by atoms with E-state index >= 15 is 0 Å². The number of carboxylic acid groups (broad SMARTS) is 1. The van der Waals surface area contributed by atoms with Crippen molar-refractivity contribution in [1.29, 1.82) is 0 Å². The second kappa shape index (κ2) is 9.40. The van der Waals surface area contributed by atoms with E-state index in [1.807, 2.05) is 24.3 Å². The summed E-state index contributed by atoms with van der Waals surface area (Å²) in [4.78, 5) is 30.9. The molecule has 0 saturated heterocycles. The molecule has 2 N–H and O–H groups in total. The van der Waals surface area contributed by atoms with Crippen molar-refractivity contribution in [3.05, 3.63) is 75.8 Å². The second-order valence-corrected chi connectivity index (χ2v) is 9.53. The third-order valence-corrected chi connectivity index (χ3v) is 6.84. The van der Waals surface area contributed by atoms with Crippen molar-refractivity contribution in [2.75, 3.05) is 6.54 Å². The molecule has 1 aliphatic carbocycles. The highest BCUT2D eigenvalue weighted by molar-refractivity contribution is 7.18. The standard InChI is InChI=1S/C24H23ClN2O4S/c1-14(24(30)31)11-20(28)27(13-15-9-10-15)21(22(29)16-5-4-6-17(25)12-16)23-26-18-7-2-3-8-19(18)32-23/h2-8,11-12,15,21-22,29H,9-10,13H2,1H3,(H,30,31)/b14-11+/t21-,22+/m1/s1. The molecule has 0 bridgehead atoms. The van der Waals surface area contributed by atoms with Gasteiger partial charge in [0.2, 0.25) is 5.91 Å². The molecule has 1 saturated carbocycles. The molecule has 0 radical (unpaired) electrons. The van der Waals surface area contributed by atoms with Crippen LogP contribution in [0.4, 0.5) is 0 Å². The van der Waals surface area contributed by atoms with E-state index in [0.29, 0.717) is 28.1 Å². The molecule has 0 unspecified atom stereocenters. The number of thiazole rings is 1. The first-order valence-electron chi connectivity index (χ1n) is 10.3. The first-order chi connectivity index (χ1) is 15.3. The third-order valence-electron chi connectivity index (χ3n) is 5.50. The largest absolute Gasteiger partial charge is 0.478 e. The Morgan fingerprint density at radius 1 is 1.25 bits per heavy atom. The zero-order chi connectivity index (χ0) is 22.8. The first-order valence-corrected chi connectivity index (χ1v) is 11.5. The van der Waals surface area contributed by atoms with Gasteiger partial charge in [-0.2, -0.15) is 0 Å². The van der Waals surface area contributed by atoms with E-state index in [0.717, 1.165) is 29.1 Å². The van der Waals surface area contributed by atoms with Gasteiger partial charge >= 0.3 is 5.97 Å². The lowest BCUT2D eigenvalue weighted by Gasteiger charge is -2.33. The molecule has 1 heterocycles. The van der Waals surface area contributed by atoms with Gasteiger partial charge in [0.25, 0.3) is 0 Å². The molecule has 2 atom stereocenters. The summed E-state index contributed by atoms with van der Waals surface area (Å²) in [7, 11) is 0. The van der Waals surface area contributed by atoms with Gasteiger partial charge in [-0.15, -0.1) is 11.3 Å². The average Bonchev–Trinajstić information content (AvgIpc) is 3.48. The monoisotopic (exact) mass is 470 g/mol. The van der Waals surface area contributed by atoms with E-state index in [1.165, 1.54) is 18.3 Å². The zero-order valence-electron chi connectivity index (χ0n) is 17.4. The van der Waals surface area contributed by atoms with Crippen molar-refractivity contribution in [3.8, 4) is 0 Å². The maximum Gasteiger partial charge on any atom is 0.331 e. The zero-order valence-corrected chi connectivity index (χ0v) is 19.0. The Labute approximate surface area is 194 Å². The number of para-hydroxylation sites is 1. The van der Waals surface area contributed by atoms with E-state index < -0.39 is 24.0 Å². The predicted octanol–water partition coefficient (Wildman–Crippen LogP) is 4.99. The summed E-state index contributed by atoms with van der Waals surface area (Å²) < 4.78 is 0.946. The number of halogens is 1. The molecule has 0 spiro atoms. The number of aliphatic hydroxyl groups is 1. The van der Waals surface area contributed by atoms with Gasteiger partial charge in [-0.1, -0.05) is 35.9 Å². The molecule has 1 aliphatic rings. The molecule has 4 rings (SSSR count). The molecule has 2 aromatic carbocycles. The minimum absolute atomic E-state index is 0.0592. The minimum Gasteiger partial charge on any atom is -0.478 e. The number of hydrogen-bond acceptors (Lipinski definition) is 5. The van der Waals surface area contributed by atoms with Gasteiger partial charge in [0.15, 0.2) is 0 Å². The van der Waals surface area contributed by atoms with Crippen LogP contribution in [0.1, 0.15) is 42.5 Å². The van der Waals surface area contributed by atoms with Crippen LogP contribution < -0.4 is 0 Å². The quantitative estimate of drug-likeness (QED) is 0.452. The molecule has 1 amide bonds. The fourth-order valence-corrected chi connectivity index (χ4v) is 4.89. The number of nitrogens with zero attached hydrogens (tertiary/aromatic N) is 2. The summed E-state index contributed by atoms with van der Waals surface area (Å²) in [6.45, 7) is 1.80. The van der Waals surface area contributed by atoms with E-state index in [-0.39, 0.29) is 5.57 Å². The number of carboxylic acids is 1. The molecule has 1 fully saturated rings. The number of fused-ring (bicyclic) bond motifs is 1. The summed E-state index contributed by atoms with van der Waals surface area (Å²) in [5.74, 6) is -1.29. The predicted molar refractivity (Wildman–Crippen MR) is 125 cm³/mol. The molecule has 1 aromatic heterocycles. The molecule has 3 aromatic rings. The smallest absolute Gasteiger partial charge is 0.331 e. The van der Waals surface area contributed by atoms with Crippen LogP contribution in [0.3, 0.4) is 0 Å². The van der Waals surface area contributed by atoms with Crippen molar-refractivity contribution in [2.24, 2.45) is 5.92 Å². The van der Waals surface area contributed by atoms with Crippen LogP contribution in [0.25, 0.3) is 10.2 Å². The Bertz CT molecular complexity index is 1150. The Hall–Kier alpha value is -2.74. The van der Waals surface area contributed by atoms with Gasteiger partial charge in [-0.25, -0.2) is 9.78 Å². The van der Waals surface area contributed by atoms with Crippen molar-refractivity contribution in [1.82, 2.24) is 9.88 Å². The lowest BCUT2D eigenvalue weighted by molar-refractivity contribution is -0.135. The van der Waals surface area contributed by atoms with Crippen LogP contribution >= 0.6 is 22.9 Å². The van der Waals surface area contributed by atoms with E-state index in [9.17, 15) is 19.8 Å². The van der Waals surface area contributed by atoms with Crippen molar-refractivity contribution in [2.45, 2.75) is 31.9 Å². The Morgan fingerprint density at radius 3 is 2.66 bits per heavy atom. The van der Waals surface area contributed by atoms with Crippen molar-refractivity contribution >= 4 is 45.0 Å². The Kier molecular flexibility index (Phi) is 6.60. The summed E-state index contributed by atoms with van der Waals surface area (Å²) in [5.41, 5.74) is 1.29. The van der Waals surface area contributed by atoms with Gasteiger partial charge in [-0.05, 0) is 55.5 Å². The fraction of sp³-hybridized carbons (Fsp3) is 0.292. The fourth-order valence-electron chi connectivity index (χ4n) is 3.58. The molecule has 6 nitrogen and oxygen atoms in total. The maximum atomic E-state index is 13.3.